The number of nitrogens with one attached hydrogen (secondary N) is 1. The van der Waals surface area contributed by atoms with E-state index in [0.29, 0.717) is 11.6 Å². The van der Waals surface area contributed by atoms with E-state index in [2.05, 4.69) is 5.48 Å². The summed E-state index contributed by atoms with van der Waals surface area (Å²) in [6.07, 6.45) is 3.86. The second-order valence-corrected chi connectivity index (χ2v) is 4.87. The molecule has 2 aromatic rings. The van der Waals surface area contributed by atoms with Crippen molar-refractivity contribution in [3.8, 4) is 0 Å². The summed E-state index contributed by atoms with van der Waals surface area (Å²) in [4.78, 5) is 16.4. The largest absolute Gasteiger partial charge is 0.367 e. The number of hydroxylamine groups is 1. The van der Waals surface area contributed by atoms with Crippen LogP contribution in [0.5, 0.6) is 0 Å². The van der Waals surface area contributed by atoms with Crippen LogP contribution in [-0.2, 0) is 16.1 Å². The summed E-state index contributed by atoms with van der Waals surface area (Å²) in [5.41, 5.74) is 4.73. The summed E-state index contributed by atoms with van der Waals surface area (Å²) in [6, 6.07) is 17.1. The van der Waals surface area contributed by atoms with Crippen LogP contribution in [0.4, 0.5) is 0 Å². The Bertz CT molecular complexity index is 594. The smallest absolute Gasteiger partial charge is 0.349 e. The lowest BCUT2D eigenvalue weighted by molar-refractivity contribution is -0.144. The van der Waals surface area contributed by atoms with Crippen LogP contribution in [0.1, 0.15) is 11.1 Å². The van der Waals surface area contributed by atoms with Gasteiger partial charge < -0.3 is 4.84 Å². The van der Waals surface area contributed by atoms with Crippen LogP contribution in [0, 0.1) is 0 Å². The molecule has 0 unspecified atom stereocenters. The van der Waals surface area contributed by atoms with Crippen molar-refractivity contribution in [2.75, 3.05) is 6.54 Å². The van der Waals surface area contributed by atoms with Crippen LogP contribution in [0.25, 0.3) is 6.08 Å². The van der Waals surface area contributed by atoms with Crippen molar-refractivity contribution < 1.29 is 9.63 Å². The van der Waals surface area contributed by atoms with Crippen molar-refractivity contribution in [2.45, 2.75) is 6.42 Å². The van der Waals surface area contributed by atoms with Crippen LogP contribution in [0.2, 0.25) is 5.02 Å². The summed E-state index contributed by atoms with van der Waals surface area (Å²) in [5.74, 6) is -0.421. The molecule has 1 N–H and O–H groups in total. The summed E-state index contributed by atoms with van der Waals surface area (Å²) in [6.45, 7) is 0.548. The molecule has 0 heterocycles. The molecule has 0 radical (unpaired) electrons. The summed E-state index contributed by atoms with van der Waals surface area (Å²) in [7, 11) is 0. The van der Waals surface area contributed by atoms with Gasteiger partial charge in [0.25, 0.3) is 0 Å². The lowest BCUT2D eigenvalue weighted by atomic mass is 10.2. The fourth-order valence-electron chi connectivity index (χ4n) is 1.73. The molecule has 21 heavy (non-hydrogen) atoms. The van der Waals surface area contributed by atoms with Crippen LogP contribution >= 0.6 is 11.6 Å². The fourth-order valence-corrected chi connectivity index (χ4v) is 1.86. The number of carbonyl (C=O) groups excluding carboxylic acids is 1. The van der Waals surface area contributed by atoms with E-state index in [9.17, 15) is 4.79 Å². The maximum atomic E-state index is 11.5. The van der Waals surface area contributed by atoms with E-state index in [1.807, 2.05) is 54.6 Å². The van der Waals surface area contributed by atoms with Gasteiger partial charge in [-0.3, -0.25) is 0 Å². The van der Waals surface area contributed by atoms with Crippen molar-refractivity contribution in [3.63, 3.8) is 0 Å². The number of benzene rings is 2. The Hall–Kier alpha value is -2.10. The van der Waals surface area contributed by atoms with Gasteiger partial charge in [0.15, 0.2) is 0 Å². The molecule has 0 atom stereocenters. The van der Waals surface area contributed by atoms with E-state index in [1.165, 1.54) is 6.08 Å². The van der Waals surface area contributed by atoms with E-state index in [0.717, 1.165) is 17.5 Å². The minimum Gasteiger partial charge on any atom is -0.367 e. The molecule has 0 aromatic heterocycles. The summed E-state index contributed by atoms with van der Waals surface area (Å²) >= 11 is 5.81. The second kappa shape index (κ2) is 8.25. The average Bonchev–Trinajstić information content (AvgIpc) is 2.52. The maximum Gasteiger partial charge on any atom is 0.349 e. The number of carbonyl (C=O) groups is 1. The van der Waals surface area contributed by atoms with Gasteiger partial charge in [-0.05, 0) is 35.8 Å². The van der Waals surface area contributed by atoms with Crippen molar-refractivity contribution in [2.24, 2.45) is 0 Å². The normalized spacial score (nSPS) is 10.7. The molecule has 0 bridgehead atoms. The van der Waals surface area contributed by atoms with E-state index >= 15 is 0 Å². The zero-order valence-electron chi connectivity index (χ0n) is 11.5. The Kier molecular flexibility index (Phi) is 6.00. The third-order valence-corrected chi connectivity index (χ3v) is 3.07. The summed E-state index contributed by atoms with van der Waals surface area (Å²) < 4.78 is 0. The van der Waals surface area contributed by atoms with Crippen LogP contribution in [0.15, 0.2) is 60.7 Å². The quantitative estimate of drug-likeness (QED) is 0.503. The third kappa shape index (κ3) is 5.81. The second-order valence-electron chi connectivity index (χ2n) is 4.44. The number of hydrogen-bond acceptors (Lipinski definition) is 3. The molecule has 0 amide bonds. The highest BCUT2D eigenvalue weighted by atomic mass is 35.5. The molecule has 108 valence electrons. The minimum atomic E-state index is -0.421. The Morgan fingerprint density at radius 1 is 1.10 bits per heavy atom. The molecule has 2 rings (SSSR count). The Morgan fingerprint density at radius 3 is 2.52 bits per heavy atom. The van der Waals surface area contributed by atoms with Gasteiger partial charge in [0.2, 0.25) is 0 Å². The maximum absolute atomic E-state index is 11.5. The van der Waals surface area contributed by atoms with Gasteiger partial charge in [-0.25, -0.2) is 4.79 Å². The highest BCUT2D eigenvalue weighted by Crippen LogP contribution is 2.09. The van der Waals surface area contributed by atoms with Gasteiger partial charge in [0.1, 0.15) is 0 Å². The molecule has 0 fully saturated rings. The van der Waals surface area contributed by atoms with E-state index in [1.54, 1.807) is 6.08 Å². The molecule has 0 saturated heterocycles. The number of hydrogen-bond donors (Lipinski definition) is 1. The van der Waals surface area contributed by atoms with Crippen LogP contribution in [0.3, 0.4) is 0 Å². The molecular formula is C17H16ClNO2. The Morgan fingerprint density at radius 2 is 1.81 bits per heavy atom. The zero-order valence-corrected chi connectivity index (χ0v) is 12.2. The number of rotatable bonds is 6. The molecule has 0 spiro atoms. The molecule has 0 saturated carbocycles. The highest BCUT2D eigenvalue weighted by molar-refractivity contribution is 6.30. The van der Waals surface area contributed by atoms with E-state index in [-0.39, 0.29) is 0 Å². The molecule has 4 heteroatoms. The Balaban J connectivity index is 1.67. The van der Waals surface area contributed by atoms with E-state index < -0.39 is 5.97 Å². The predicted molar refractivity (Wildman–Crippen MR) is 84.7 cm³/mol. The molecule has 2 aromatic carbocycles. The number of halogens is 1. The van der Waals surface area contributed by atoms with E-state index in [4.69, 9.17) is 16.4 Å². The van der Waals surface area contributed by atoms with Gasteiger partial charge in [-0.1, -0.05) is 54.1 Å². The molecule has 3 nitrogen and oxygen atoms in total. The zero-order chi connectivity index (χ0) is 14.9. The standard InChI is InChI=1S/C17H16ClNO2/c18-16-9-6-15(7-10-16)12-13-19-21-17(20)11-8-14-4-2-1-3-5-14/h1-11,19H,12-13H2/b11-8+. The molecule has 0 aliphatic rings. The van der Waals surface area contributed by atoms with Gasteiger partial charge >= 0.3 is 5.97 Å². The highest BCUT2D eigenvalue weighted by Gasteiger charge is 1.98. The van der Waals surface area contributed by atoms with Gasteiger partial charge in [0.05, 0.1) is 0 Å². The topological polar surface area (TPSA) is 38.3 Å². The first kappa shape index (κ1) is 15.3. The van der Waals surface area contributed by atoms with Crippen molar-refractivity contribution >= 4 is 23.6 Å². The van der Waals surface area contributed by atoms with Crippen molar-refractivity contribution in [3.05, 3.63) is 76.8 Å². The minimum absolute atomic E-state index is 0.421. The predicted octanol–water partition coefficient (Wildman–Crippen LogP) is 3.64. The SMILES string of the molecule is O=C(/C=C/c1ccccc1)ONCCc1ccc(Cl)cc1. The first-order valence-corrected chi connectivity index (χ1v) is 7.03. The lowest BCUT2D eigenvalue weighted by Crippen LogP contribution is -2.21. The fraction of sp³-hybridized carbons (Fsp3) is 0.118. The van der Waals surface area contributed by atoms with Gasteiger partial charge in [-0.15, -0.1) is 0 Å². The van der Waals surface area contributed by atoms with Crippen LogP contribution in [-0.4, -0.2) is 12.5 Å². The first-order chi connectivity index (χ1) is 10.2. The lowest BCUT2D eigenvalue weighted by Gasteiger charge is -2.04. The molecule has 0 aliphatic carbocycles. The third-order valence-electron chi connectivity index (χ3n) is 2.81. The van der Waals surface area contributed by atoms with Gasteiger partial charge in [0, 0.05) is 17.6 Å². The Labute approximate surface area is 129 Å². The van der Waals surface area contributed by atoms with Crippen molar-refractivity contribution in [1.29, 1.82) is 0 Å². The van der Waals surface area contributed by atoms with Crippen molar-refractivity contribution in [1.82, 2.24) is 5.48 Å². The molecule has 0 aliphatic heterocycles. The summed E-state index contributed by atoms with van der Waals surface area (Å²) in [5, 5.41) is 0.712. The van der Waals surface area contributed by atoms with Crippen LogP contribution < -0.4 is 5.48 Å². The molecular weight excluding hydrogens is 286 g/mol. The monoisotopic (exact) mass is 301 g/mol. The first-order valence-electron chi connectivity index (χ1n) is 6.65. The average molecular weight is 302 g/mol. The van der Waals surface area contributed by atoms with Gasteiger partial charge in [-0.2, -0.15) is 5.48 Å².